The van der Waals surface area contributed by atoms with Gasteiger partial charge in [-0.3, -0.25) is 4.79 Å². The lowest BCUT2D eigenvalue weighted by molar-refractivity contribution is -0.144. The third-order valence-corrected chi connectivity index (χ3v) is 5.36. The molecule has 0 aromatic carbocycles. The molecule has 1 heterocycles. The van der Waals surface area contributed by atoms with Gasteiger partial charge >= 0.3 is 0 Å². The number of carbonyl (C=O) groups excluding carboxylic acids is 1. The van der Waals surface area contributed by atoms with E-state index in [-0.39, 0.29) is 17.8 Å². The van der Waals surface area contributed by atoms with E-state index in [4.69, 9.17) is 10.9 Å². The first kappa shape index (κ1) is 15.8. The summed E-state index contributed by atoms with van der Waals surface area (Å²) in [7, 11) is 1.80. The molecule has 1 aromatic heterocycles. The van der Waals surface area contributed by atoms with E-state index in [0.717, 1.165) is 6.42 Å². The Morgan fingerprint density at radius 3 is 2.81 bits per heavy atom. The van der Waals surface area contributed by atoms with Crippen LogP contribution in [0.5, 0.6) is 0 Å². The Hall–Kier alpha value is -1.56. The highest BCUT2D eigenvalue weighted by Gasteiger charge is 2.53. The fraction of sp³-hybridized carbons (Fsp3) is 0.600. The number of oxime groups is 1. The zero-order chi connectivity index (χ0) is 15.6. The van der Waals surface area contributed by atoms with Crippen molar-refractivity contribution in [3.63, 3.8) is 0 Å². The van der Waals surface area contributed by atoms with Gasteiger partial charge in [-0.2, -0.15) is 0 Å². The van der Waals surface area contributed by atoms with Gasteiger partial charge in [-0.1, -0.05) is 18.1 Å². The fourth-order valence-corrected chi connectivity index (χ4v) is 3.94. The van der Waals surface area contributed by atoms with E-state index in [1.807, 2.05) is 18.4 Å². The minimum absolute atomic E-state index is 0.0417. The average Bonchev–Trinajstić information content (AvgIpc) is 2.93. The molecule has 1 atom stereocenters. The lowest BCUT2D eigenvalue weighted by Crippen LogP contribution is -2.58. The van der Waals surface area contributed by atoms with E-state index in [0.29, 0.717) is 18.8 Å². The Morgan fingerprint density at radius 1 is 1.67 bits per heavy atom. The van der Waals surface area contributed by atoms with Crippen molar-refractivity contribution >= 4 is 23.1 Å². The molecule has 1 aliphatic carbocycles. The molecule has 5 nitrogen and oxygen atoms in total. The van der Waals surface area contributed by atoms with Crippen LogP contribution >= 0.6 is 11.3 Å². The molecule has 1 saturated carbocycles. The topological polar surface area (TPSA) is 78.9 Å². The smallest absolute Gasteiger partial charge is 0.236 e. The summed E-state index contributed by atoms with van der Waals surface area (Å²) in [4.78, 5) is 15.8. The summed E-state index contributed by atoms with van der Waals surface area (Å²) in [6.07, 6.45) is 2.12. The van der Waals surface area contributed by atoms with Gasteiger partial charge in [0.2, 0.25) is 5.91 Å². The quantitative estimate of drug-likeness (QED) is 0.379. The third kappa shape index (κ3) is 2.90. The Balaban J connectivity index is 2.10. The summed E-state index contributed by atoms with van der Waals surface area (Å²) in [5, 5.41) is 14.1. The van der Waals surface area contributed by atoms with Gasteiger partial charge < -0.3 is 15.8 Å². The first-order valence-corrected chi connectivity index (χ1v) is 8.06. The van der Waals surface area contributed by atoms with Crippen molar-refractivity contribution in [2.45, 2.75) is 39.2 Å². The molecule has 1 fully saturated rings. The molecule has 1 unspecified atom stereocenters. The zero-order valence-electron chi connectivity index (χ0n) is 12.7. The third-order valence-electron chi connectivity index (χ3n) is 4.46. The summed E-state index contributed by atoms with van der Waals surface area (Å²) in [5.41, 5.74) is 4.99. The van der Waals surface area contributed by atoms with Crippen LogP contribution in [0.3, 0.4) is 0 Å². The van der Waals surface area contributed by atoms with Crippen LogP contribution in [0.1, 0.15) is 31.6 Å². The number of rotatable bonds is 5. The molecular weight excluding hydrogens is 286 g/mol. The van der Waals surface area contributed by atoms with E-state index >= 15 is 0 Å². The second-order valence-corrected chi connectivity index (χ2v) is 7.16. The lowest BCUT2D eigenvalue weighted by Gasteiger charge is -2.46. The maximum Gasteiger partial charge on any atom is 0.236 e. The van der Waals surface area contributed by atoms with Crippen LogP contribution < -0.4 is 5.73 Å². The van der Waals surface area contributed by atoms with Gasteiger partial charge in [0.1, 0.15) is 5.41 Å². The summed E-state index contributed by atoms with van der Waals surface area (Å²) in [6.45, 7) is 4.10. The first-order chi connectivity index (χ1) is 9.90. The predicted octanol–water partition coefficient (Wildman–Crippen LogP) is 2.30. The maximum atomic E-state index is 12.8. The van der Waals surface area contributed by atoms with Gasteiger partial charge in [0, 0.05) is 24.4 Å². The number of amidine groups is 1. The van der Waals surface area contributed by atoms with Crippen LogP contribution in [0.2, 0.25) is 0 Å². The highest BCUT2D eigenvalue weighted by molar-refractivity contribution is 7.09. The van der Waals surface area contributed by atoms with E-state index in [9.17, 15) is 4.79 Å². The number of nitrogens with zero attached hydrogens (tertiary/aromatic N) is 2. The molecule has 0 saturated heterocycles. The minimum atomic E-state index is -0.813. The summed E-state index contributed by atoms with van der Waals surface area (Å²) in [6, 6.07) is 4.17. The first-order valence-electron chi connectivity index (χ1n) is 7.18. The molecule has 116 valence electrons. The van der Waals surface area contributed by atoms with E-state index in [2.05, 4.69) is 18.1 Å². The Bertz CT molecular complexity index is 521. The average molecular weight is 309 g/mol. The number of hydrogen-bond acceptors (Lipinski definition) is 4. The molecule has 1 amide bonds. The molecule has 3 N–H and O–H groups in total. The van der Waals surface area contributed by atoms with E-state index in [1.165, 1.54) is 4.88 Å². The number of amides is 1. The van der Waals surface area contributed by atoms with Crippen molar-refractivity contribution in [3.05, 3.63) is 22.4 Å². The highest BCUT2D eigenvalue weighted by Crippen LogP contribution is 2.47. The number of thiophene rings is 1. The van der Waals surface area contributed by atoms with Gasteiger partial charge in [0.15, 0.2) is 5.84 Å². The van der Waals surface area contributed by atoms with Crippen molar-refractivity contribution in [3.8, 4) is 0 Å². The van der Waals surface area contributed by atoms with Crippen LogP contribution in [0, 0.1) is 11.3 Å². The SMILES string of the molecule is CC1CC(C(=O)N(C)C(C)Cc2cccs2)(/C(N)=N/O)C1. The summed E-state index contributed by atoms with van der Waals surface area (Å²) < 4.78 is 0. The fourth-order valence-electron chi connectivity index (χ4n) is 3.11. The molecule has 21 heavy (non-hydrogen) atoms. The molecule has 1 aliphatic rings. The highest BCUT2D eigenvalue weighted by atomic mass is 32.1. The van der Waals surface area contributed by atoms with E-state index < -0.39 is 5.41 Å². The van der Waals surface area contributed by atoms with Crippen molar-refractivity contribution < 1.29 is 10.0 Å². The van der Waals surface area contributed by atoms with Crippen molar-refractivity contribution in [2.24, 2.45) is 22.2 Å². The van der Waals surface area contributed by atoms with Crippen LogP contribution in [0.4, 0.5) is 0 Å². The second kappa shape index (κ2) is 6.05. The molecular formula is C15H23N3O2S. The Kier molecular flexibility index (Phi) is 4.56. The van der Waals surface area contributed by atoms with Crippen molar-refractivity contribution in [1.82, 2.24) is 4.90 Å². The number of hydrogen-bond donors (Lipinski definition) is 2. The standard InChI is InChI=1S/C15H23N3O2S/c1-10-8-15(9-10,13(16)17-20)14(19)18(3)11(2)7-12-5-4-6-21-12/h4-6,10-11,20H,7-9H2,1-3H3,(H2,16,17). The molecule has 0 aliphatic heterocycles. The Morgan fingerprint density at radius 2 is 2.33 bits per heavy atom. The number of likely N-dealkylation sites (N-methyl/N-ethyl adjacent to an activating group) is 1. The van der Waals surface area contributed by atoms with Gasteiger partial charge in [-0.25, -0.2) is 0 Å². The monoisotopic (exact) mass is 309 g/mol. The molecule has 2 rings (SSSR count). The number of nitrogens with two attached hydrogens (primary N) is 1. The molecule has 1 aromatic rings. The minimum Gasteiger partial charge on any atom is -0.409 e. The van der Waals surface area contributed by atoms with Crippen LogP contribution in [-0.4, -0.2) is 34.9 Å². The largest absolute Gasteiger partial charge is 0.409 e. The van der Waals surface area contributed by atoms with Gasteiger partial charge in [-0.05, 0) is 37.1 Å². The summed E-state index contributed by atoms with van der Waals surface area (Å²) in [5.74, 6) is 0.427. The number of carbonyl (C=O) groups is 1. The molecule has 0 radical (unpaired) electrons. The van der Waals surface area contributed by atoms with Gasteiger partial charge in [-0.15, -0.1) is 11.3 Å². The van der Waals surface area contributed by atoms with Crippen molar-refractivity contribution in [2.75, 3.05) is 7.05 Å². The molecule has 0 bridgehead atoms. The van der Waals surface area contributed by atoms with Crippen LogP contribution in [0.25, 0.3) is 0 Å². The van der Waals surface area contributed by atoms with Gasteiger partial charge in [0.05, 0.1) is 0 Å². The predicted molar refractivity (Wildman–Crippen MR) is 84.5 cm³/mol. The molecule has 6 heteroatoms. The maximum absolute atomic E-state index is 12.8. The lowest BCUT2D eigenvalue weighted by atomic mass is 9.61. The second-order valence-electron chi connectivity index (χ2n) is 6.13. The van der Waals surface area contributed by atoms with Crippen LogP contribution in [0.15, 0.2) is 22.7 Å². The van der Waals surface area contributed by atoms with E-state index in [1.54, 1.807) is 23.3 Å². The normalized spacial score (nSPS) is 27.0. The van der Waals surface area contributed by atoms with Crippen LogP contribution in [-0.2, 0) is 11.2 Å². The zero-order valence-corrected chi connectivity index (χ0v) is 13.6. The summed E-state index contributed by atoms with van der Waals surface area (Å²) >= 11 is 1.69. The Labute approximate surface area is 129 Å². The van der Waals surface area contributed by atoms with Gasteiger partial charge in [0.25, 0.3) is 0 Å². The molecule has 0 spiro atoms. The van der Waals surface area contributed by atoms with Crippen molar-refractivity contribution in [1.29, 1.82) is 0 Å².